The topological polar surface area (TPSA) is 75.7 Å². The summed E-state index contributed by atoms with van der Waals surface area (Å²) in [5.41, 5.74) is 5.82. The molecule has 0 saturated carbocycles. The summed E-state index contributed by atoms with van der Waals surface area (Å²) in [6.45, 7) is 3.89. The van der Waals surface area contributed by atoms with Crippen molar-refractivity contribution in [3.8, 4) is 5.75 Å². The first-order chi connectivity index (χ1) is 7.70. The molecule has 0 aliphatic heterocycles. The van der Waals surface area contributed by atoms with Gasteiger partial charge in [0.05, 0.1) is 6.10 Å². The molecule has 16 heavy (non-hydrogen) atoms. The Hall–Kier alpha value is -1.36. The van der Waals surface area contributed by atoms with Crippen LogP contribution in [-0.2, 0) is 0 Å². The molecule has 0 amide bonds. The monoisotopic (exact) mass is 223 g/mol. The lowest BCUT2D eigenvalue weighted by Crippen LogP contribution is -2.27. The van der Waals surface area contributed by atoms with Crippen molar-refractivity contribution >= 4 is 0 Å². The predicted octanol–water partition coefficient (Wildman–Crippen LogP) is 0.604. The quantitative estimate of drug-likeness (QED) is 0.617. The minimum atomic E-state index is -1.04. The molecule has 4 N–H and O–H groups in total. The smallest absolute Gasteiger partial charge is 0.125 e. The van der Waals surface area contributed by atoms with Gasteiger partial charge in [0.1, 0.15) is 18.5 Å². The number of benzene rings is 1. The van der Waals surface area contributed by atoms with Crippen LogP contribution in [0.5, 0.6) is 5.75 Å². The SMILES string of the molecule is C=CCOc1ccccc1C(O)C(O)CN. The van der Waals surface area contributed by atoms with E-state index in [1.165, 1.54) is 0 Å². The number of hydrogen-bond donors (Lipinski definition) is 3. The molecule has 4 nitrogen and oxygen atoms in total. The summed E-state index contributed by atoms with van der Waals surface area (Å²) < 4.78 is 5.37. The molecule has 0 spiro atoms. The summed E-state index contributed by atoms with van der Waals surface area (Å²) in [6, 6.07) is 6.99. The molecule has 2 unspecified atom stereocenters. The molecule has 0 radical (unpaired) electrons. The Kier molecular flexibility index (Phi) is 4.98. The van der Waals surface area contributed by atoms with Crippen LogP contribution in [0.25, 0.3) is 0 Å². The van der Waals surface area contributed by atoms with Gasteiger partial charge in [-0.15, -0.1) is 0 Å². The minimum absolute atomic E-state index is 0.00302. The Morgan fingerprint density at radius 1 is 1.38 bits per heavy atom. The molecule has 1 aromatic rings. The number of hydrogen-bond acceptors (Lipinski definition) is 4. The maximum Gasteiger partial charge on any atom is 0.125 e. The second-order valence-electron chi connectivity index (χ2n) is 3.39. The Morgan fingerprint density at radius 3 is 2.69 bits per heavy atom. The Labute approximate surface area is 95.0 Å². The highest BCUT2D eigenvalue weighted by Crippen LogP contribution is 2.26. The van der Waals surface area contributed by atoms with Crippen LogP contribution in [0, 0.1) is 0 Å². The lowest BCUT2D eigenvalue weighted by molar-refractivity contribution is 0.0227. The average molecular weight is 223 g/mol. The second kappa shape index (κ2) is 6.27. The maximum absolute atomic E-state index is 9.83. The van der Waals surface area contributed by atoms with Gasteiger partial charge in [-0.05, 0) is 6.07 Å². The number of nitrogens with two attached hydrogens (primary N) is 1. The summed E-state index contributed by atoms with van der Waals surface area (Å²) in [5, 5.41) is 19.3. The molecule has 0 aliphatic rings. The largest absolute Gasteiger partial charge is 0.489 e. The van der Waals surface area contributed by atoms with Gasteiger partial charge in [-0.1, -0.05) is 30.9 Å². The summed E-state index contributed by atoms with van der Waals surface area (Å²) in [6.07, 6.45) is -0.415. The third kappa shape index (κ3) is 3.06. The molecule has 0 saturated heterocycles. The normalized spacial score (nSPS) is 14.2. The van der Waals surface area contributed by atoms with Crippen molar-refractivity contribution < 1.29 is 14.9 Å². The highest BCUT2D eigenvalue weighted by atomic mass is 16.5. The molecule has 4 heteroatoms. The molecule has 1 rings (SSSR count). The zero-order valence-corrected chi connectivity index (χ0v) is 9.04. The summed E-state index contributed by atoms with van der Waals surface area (Å²) in [4.78, 5) is 0. The lowest BCUT2D eigenvalue weighted by Gasteiger charge is -2.19. The van der Waals surface area contributed by atoms with Crippen molar-refractivity contribution in [1.29, 1.82) is 0 Å². The third-order valence-electron chi connectivity index (χ3n) is 2.20. The average Bonchev–Trinajstić information content (AvgIpc) is 2.34. The van der Waals surface area contributed by atoms with Gasteiger partial charge in [0.25, 0.3) is 0 Å². The number of aliphatic hydroxyl groups excluding tert-OH is 2. The number of ether oxygens (including phenoxy) is 1. The highest BCUT2D eigenvalue weighted by molar-refractivity contribution is 5.35. The molecule has 0 aromatic heterocycles. The van der Waals surface area contributed by atoms with E-state index in [1.54, 1.807) is 30.3 Å². The van der Waals surface area contributed by atoms with Gasteiger partial charge in [-0.3, -0.25) is 0 Å². The first-order valence-electron chi connectivity index (χ1n) is 5.09. The van der Waals surface area contributed by atoms with Gasteiger partial charge in [-0.25, -0.2) is 0 Å². The van der Waals surface area contributed by atoms with Crippen molar-refractivity contribution in [2.75, 3.05) is 13.2 Å². The Balaban J connectivity index is 2.88. The summed E-state index contributed by atoms with van der Waals surface area (Å²) >= 11 is 0. The fourth-order valence-electron chi connectivity index (χ4n) is 1.34. The molecular formula is C12H17NO3. The first-order valence-corrected chi connectivity index (χ1v) is 5.09. The van der Waals surface area contributed by atoms with E-state index in [2.05, 4.69) is 6.58 Å². The summed E-state index contributed by atoms with van der Waals surface area (Å²) in [7, 11) is 0. The van der Waals surface area contributed by atoms with Gasteiger partial charge >= 0.3 is 0 Å². The molecule has 88 valence electrons. The number of aliphatic hydroxyl groups is 2. The lowest BCUT2D eigenvalue weighted by atomic mass is 10.0. The molecule has 1 aromatic carbocycles. The van der Waals surface area contributed by atoms with E-state index in [4.69, 9.17) is 10.5 Å². The Bertz CT molecular complexity index is 341. The van der Waals surface area contributed by atoms with Crippen molar-refractivity contribution in [3.05, 3.63) is 42.5 Å². The maximum atomic E-state index is 9.83. The second-order valence-corrected chi connectivity index (χ2v) is 3.39. The van der Waals surface area contributed by atoms with Crippen LogP contribution in [0.4, 0.5) is 0 Å². The van der Waals surface area contributed by atoms with Gasteiger partial charge in [-0.2, -0.15) is 0 Å². The van der Waals surface area contributed by atoms with Gasteiger partial charge < -0.3 is 20.7 Å². The van der Waals surface area contributed by atoms with Crippen LogP contribution < -0.4 is 10.5 Å². The zero-order chi connectivity index (χ0) is 12.0. The van der Waals surface area contributed by atoms with Crippen LogP contribution in [-0.4, -0.2) is 29.5 Å². The van der Waals surface area contributed by atoms with Gasteiger partial charge in [0.2, 0.25) is 0 Å². The highest BCUT2D eigenvalue weighted by Gasteiger charge is 2.20. The van der Waals surface area contributed by atoms with Crippen LogP contribution >= 0.6 is 0 Å². The fraction of sp³-hybridized carbons (Fsp3) is 0.333. The van der Waals surface area contributed by atoms with E-state index < -0.39 is 12.2 Å². The number of para-hydroxylation sites is 1. The zero-order valence-electron chi connectivity index (χ0n) is 9.04. The minimum Gasteiger partial charge on any atom is -0.489 e. The van der Waals surface area contributed by atoms with Crippen LogP contribution in [0.3, 0.4) is 0 Å². The van der Waals surface area contributed by atoms with E-state index in [1.807, 2.05) is 0 Å². The standard InChI is InChI=1S/C12H17NO3/c1-2-7-16-11-6-4-3-5-9(11)12(15)10(14)8-13/h2-6,10,12,14-15H,1,7-8,13H2. The Morgan fingerprint density at radius 2 is 2.06 bits per heavy atom. The van der Waals surface area contributed by atoms with Crippen LogP contribution in [0.2, 0.25) is 0 Å². The molecule has 0 heterocycles. The van der Waals surface area contributed by atoms with Crippen molar-refractivity contribution in [2.45, 2.75) is 12.2 Å². The first kappa shape index (κ1) is 12.7. The van der Waals surface area contributed by atoms with Crippen molar-refractivity contribution in [2.24, 2.45) is 5.73 Å². The number of rotatable bonds is 6. The van der Waals surface area contributed by atoms with E-state index in [0.29, 0.717) is 17.9 Å². The van der Waals surface area contributed by atoms with Crippen LogP contribution in [0.1, 0.15) is 11.7 Å². The van der Waals surface area contributed by atoms with E-state index in [0.717, 1.165) is 0 Å². The predicted molar refractivity (Wildman–Crippen MR) is 62.2 cm³/mol. The van der Waals surface area contributed by atoms with Gasteiger partial charge in [0, 0.05) is 12.1 Å². The molecule has 2 atom stereocenters. The van der Waals surface area contributed by atoms with E-state index in [9.17, 15) is 10.2 Å². The van der Waals surface area contributed by atoms with Gasteiger partial charge in [0.15, 0.2) is 0 Å². The van der Waals surface area contributed by atoms with E-state index >= 15 is 0 Å². The molecule has 0 fully saturated rings. The van der Waals surface area contributed by atoms with E-state index in [-0.39, 0.29) is 6.54 Å². The van der Waals surface area contributed by atoms with Crippen molar-refractivity contribution in [1.82, 2.24) is 0 Å². The third-order valence-corrected chi connectivity index (χ3v) is 2.20. The van der Waals surface area contributed by atoms with Crippen molar-refractivity contribution in [3.63, 3.8) is 0 Å². The van der Waals surface area contributed by atoms with Crippen LogP contribution in [0.15, 0.2) is 36.9 Å². The molecular weight excluding hydrogens is 206 g/mol. The summed E-state index contributed by atoms with van der Waals surface area (Å²) in [5.74, 6) is 0.530. The fourth-order valence-corrected chi connectivity index (χ4v) is 1.34. The molecule has 0 aliphatic carbocycles. The molecule has 0 bridgehead atoms.